The lowest BCUT2D eigenvalue weighted by Crippen LogP contribution is -2.49. The van der Waals surface area contributed by atoms with Crippen LogP contribution in [-0.4, -0.2) is 5.91 Å². The Morgan fingerprint density at radius 3 is 2.32 bits per heavy atom. The van der Waals surface area contributed by atoms with Crippen LogP contribution in [0.4, 0.5) is 5.69 Å². The van der Waals surface area contributed by atoms with Gasteiger partial charge in [-0.15, -0.1) is 0 Å². The summed E-state index contributed by atoms with van der Waals surface area (Å²) in [6.07, 6.45) is 3.44. The summed E-state index contributed by atoms with van der Waals surface area (Å²) in [5, 5.41) is 0.686. The van der Waals surface area contributed by atoms with E-state index in [1.165, 1.54) is 5.56 Å². The second-order valence-electron chi connectivity index (χ2n) is 5.32. The van der Waals surface area contributed by atoms with Crippen LogP contribution < -0.4 is 4.90 Å². The maximum absolute atomic E-state index is 12.5. The molecular formula is C19H16ClNO. The number of carbonyl (C=O) groups excluding carboxylic acids is 1. The average molecular weight is 310 g/mol. The van der Waals surface area contributed by atoms with Gasteiger partial charge in [0.15, 0.2) is 0 Å². The van der Waals surface area contributed by atoms with Crippen molar-refractivity contribution in [3.63, 3.8) is 0 Å². The molecule has 1 aliphatic heterocycles. The van der Waals surface area contributed by atoms with E-state index in [1.807, 2.05) is 55.5 Å². The van der Waals surface area contributed by atoms with E-state index < -0.39 is 0 Å². The molecule has 3 heteroatoms. The SMILES string of the molecule is C=C/C=C1/C(=O)N(c2ccc(C)cc2)C1c1ccc(Cl)cc1. The van der Waals surface area contributed by atoms with Gasteiger partial charge in [0.1, 0.15) is 0 Å². The van der Waals surface area contributed by atoms with Crippen molar-refractivity contribution in [2.45, 2.75) is 13.0 Å². The topological polar surface area (TPSA) is 20.3 Å². The van der Waals surface area contributed by atoms with Crippen LogP contribution in [0.1, 0.15) is 17.2 Å². The number of benzene rings is 2. The van der Waals surface area contributed by atoms with Gasteiger partial charge in [-0.3, -0.25) is 9.69 Å². The van der Waals surface area contributed by atoms with Crippen LogP contribution in [0.3, 0.4) is 0 Å². The normalized spacial score (nSPS) is 19.2. The Morgan fingerprint density at radius 1 is 1.09 bits per heavy atom. The first kappa shape index (κ1) is 14.6. The Hall–Kier alpha value is -2.32. The van der Waals surface area contributed by atoms with Crippen molar-refractivity contribution in [3.8, 4) is 0 Å². The van der Waals surface area contributed by atoms with E-state index in [0.29, 0.717) is 5.02 Å². The Balaban J connectivity index is 2.03. The number of carbonyl (C=O) groups is 1. The predicted molar refractivity (Wildman–Crippen MR) is 91.1 cm³/mol. The monoisotopic (exact) mass is 309 g/mol. The summed E-state index contributed by atoms with van der Waals surface area (Å²) in [6.45, 7) is 5.73. The highest BCUT2D eigenvalue weighted by Crippen LogP contribution is 2.43. The molecule has 2 aromatic rings. The highest BCUT2D eigenvalue weighted by molar-refractivity contribution is 6.30. The first-order valence-electron chi connectivity index (χ1n) is 7.10. The highest BCUT2D eigenvalue weighted by atomic mass is 35.5. The smallest absolute Gasteiger partial charge is 0.257 e. The van der Waals surface area contributed by atoms with E-state index in [-0.39, 0.29) is 11.9 Å². The molecule has 0 bridgehead atoms. The minimum absolute atomic E-state index is 0.0173. The predicted octanol–water partition coefficient (Wildman–Crippen LogP) is 4.85. The lowest BCUT2D eigenvalue weighted by atomic mass is 9.87. The number of aryl methyl sites for hydroxylation is 1. The largest absolute Gasteiger partial charge is 0.297 e. The lowest BCUT2D eigenvalue weighted by molar-refractivity contribution is -0.119. The van der Waals surface area contributed by atoms with Gasteiger partial charge >= 0.3 is 0 Å². The molecule has 3 rings (SSSR count). The van der Waals surface area contributed by atoms with Gasteiger partial charge in [0.25, 0.3) is 5.91 Å². The minimum atomic E-state index is -0.0922. The van der Waals surface area contributed by atoms with Gasteiger partial charge in [0.05, 0.1) is 6.04 Å². The number of amides is 1. The fraction of sp³-hybridized carbons (Fsp3) is 0.105. The number of allylic oxidation sites excluding steroid dienone is 2. The fourth-order valence-electron chi connectivity index (χ4n) is 2.68. The zero-order chi connectivity index (χ0) is 15.7. The molecular weight excluding hydrogens is 294 g/mol. The van der Waals surface area contributed by atoms with Crippen molar-refractivity contribution < 1.29 is 4.79 Å². The first-order chi connectivity index (χ1) is 10.6. The molecule has 2 nitrogen and oxygen atoms in total. The number of anilines is 1. The van der Waals surface area contributed by atoms with Gasteiger partial charge in [0.2, 0.25) is 0 Å². The number of β-lactam (4-membered cyclic amide) rings is 1. The standard InChI is InChI=1S/C19H16ClNO/c1-3-4-17-18(14-7-9-15(20)10-8-14)21(19(17)22)16-11-5-13(2)6-12-16/h3-12,18H,1H2,2H3/b17-4+. The summed E-state index contributed by atoms with van der Waals surface area (Å²) in [7, 11) is 0. The van der Waals surface area contributed by atoms with Gasteiger partial charge in [-0.2, -0.15) is 0 Å². The number of halogens is 1. The molecule has 1 atom stereocenters. The zero-order valence-electron chi connectivity index (χ0n) is 12.3. The Labute approximate surface area is 135 Å². The Morgan fingerprint density at radius 2 is 1.73 bits per heavy atom. The van der Waals surface area contributed by atoms with Gasteiger partial charge in [-0.05, 0) is 36.8 Å². The van der Waals surface area contributed by atoms with Crippen molar-refractivity contribution in [2.75, 3.05) is 4.90 Å². The van der Waals surface area contributed by atoms with E-state index in [9.17, 15) is 4.79 Å². The molecule has 1 unspecified atom stereocenters. The van der Waals surface area contributed by atoms with E-state index in [2.05, 4.69) is 6.58 Å². The van der Waals surface area contributed by atoms with Crippen LogP contribution in [-0.2, 0) is 4.79 Å². The molecule has 1 amide bonds. The van der Waals surface area contributed by atoms with Crippen molar-refractivity contribution in [1.82, 2.24) is 0 Å². The number of rotatable bonds is 3. The zero-order valence-corrected chi connectivity index (χ0v) is 13.0. The van der Waals surface area contributed by atoms with Crippen LogP contribution in [0.5, 0.6) is 0 Å². The molecule has 110 valence electrons. The third-order valence-corrected chi connectivity index (χ3v) is 4.07. The van der Waals surface area contributed by atoms with E-state index in [4.69, 9.17) is 11.6 Å². The summed E-state index contributed by atoms with van der Waals surface area (Å²) < 4.78 is 0. The van der Waals surface area contributed by atoms with Crippen molar-refractivity contribution >= 4 is 23.2 Å². The third kappa shape index (κ3) is 2.46. The number of hydrogen-bond donors (Lipinski definition) is 0. The molecule has 2 aromatic carbocycles. The minimum Gasteiger partial charge on any atom is -0.297 e. The van der Waals surface area contributed by atoms with Crippen LogP contribution in [0.2, 0.25) is 5.02 Å². The second-order valence-corrected chi connectivity index (χ2v) is 5.76. The molecule has 0 radical (unpaired) electrons. The maximum Gasteiger partial charge on any atom is 0.257 e. The molecule has 1 heterocycles. The van der Waals surface area contributed by atoms with E-state index >= 15 is 0 Å². The van der Waals surface area contributed by atoms with Crippen LogP contribution in [0.25, 0.3) is 0 Å². The van der Waals surface area contributed by atoms with E-state index in [1.54, 1.807) is 17.1 Å². The summed E-state index contributed by atoms with van der Waals surface area (Å²) in [5.41, 5.74) is 3.86. The molecule has 0 aromatic heterocycles. The molecule has 1 saturated heterocycles. The average Bonchev–Trinajstić information content (AvgIpc) is 2.53. The van der Waals surface area contributed by atoms with Gasteiger partial charge in [-0.1, -0.05) is 60.2 Å². The first-order valence-corrected chi connectivity index (χ1v) is 7.48. The molecule has 1 fully saturated rings. The quantitative estimate of drug-likeness (QED) is 0.586. The molecule has 0 spiro atoms. The maximum atomic E-state index is 12.5. The van der Waals surface area contributed by atoms with Crippen LogP contribution in [0.15, 0.2) is 72.8 Å². The summed E-state index contributed by atoms with van der Waals surface area (Å²) in [6, 6.07) is 15.5. The van der Waals surface area contributed by atoms with Gasteiger partial charge in [0, 0.05) is 16.3 Å². The molecule has 22 heavy (non-hydrogen) atoms. The summed E-state index contributed by atoms with van der Waals surface area (Å²) in [4.78, 5) is 14.3. The lowest BCUT2D eigenvalue weighted by Gasteiger charge is -2.43. The highest BCUT2D eigenvalue weighted by Gasteiger charge is 2.43. The summed E-state index contributed by atoms with van der Waals surface area (Å²) >= 11 is 5.96. The van der Waals surface area contributed by atoms with Crippen LogP contribution in [0, 0.1) is 6.92 Å². The van der Waals surface area contributed by atoms with Gasteiger partial charge in [-0.25, -0.2) is 0 Å². The Bertz CT molecular complexity index is 744. The molecule has 0 saturated carbocycles. The molecule has 1 aliphatic rings. The molecule has 0 aliphatic carbocycles. The van der Waals surface area contributed by atoms with Gasteiger partial charge < -0.3 is 0 Å². The number of nitrogens with zero attached hydrogens (tertiary/aromatic N) is 1. The van der Waals surface area contributed by atoms with Crippen LogP contribution >= 0.6 is 11.6 Å². The summed E-state index contributed by atoms with van der Waals surface area (Å²) in [5.74, 6) is 0.0173. The second kappa shape index (κ2) is 5.82. The molecule has 0 N–H and O–H groups in total. The van der Waals surface area contributed by atoms with Crippen molar-refractivity contribution in [3.05, 3.63) is 89.0 Å². The van der Waals surface area contributed by atoms with E-state index in [0.717, 1.165) is 16.8 Å². The third-order valence-electron chi connectivity index (χ3n) is 3.81. The number of hydrogen-bond acceptors (Lipinski definition) is 1. The van der Waals surface area contributed by atoms with Crippen molar-refractivity contribution in [2.24, 2.45) is 0 Å². The van der Waals surface area contributed by atoms with Crippen molar-refractivity contribution in [1.29, 1.82) is 0 Å². The fourth-order valence-corrected chi connectivity index (χ4v) is 2.81. The Kier molecular flexibility index (Phi) is 3.86.